The minimum Gasteiger partial charge on any atom is -0.399 e. The van der Waals surface area contributed by atoms with Crippen LogP contribution in [0.2, 0.25) is 0 Å². The molecule has 0 saturated heterocycles. The van der Waals surface area contributed by atoms with Gasteiger partial charge >= 0.3 is 0 Å². The summed E-state index contributed by atoms with van der Waals surface area (Å²) in [6, 6.07) is 8.09. The van der Waals surface area contributed by atoms with E-state index in [4.69, 9.17) is 5.73 Å². The SMILES string of the molecule is CC1(C)CCCC1n1nnnc1-c1cccc(N)c1. The summed E-state index contributed by atoms with van der Waals surface area (Å²) in [7, 11) is 0. The lowest BCUT2D eigenvalue weighted by atomic mass is 9.87. The predicted octanol–water partition coefficient (Wildman–Crippen LogP) is 2.67. The fraction of sp³-hybridized carbons (Fsp3) is 0.500. The van der Waals surface area contributed by atoms with Gasteiger partial charge in [-0.25, -0.2) is 4.68 Å². The molecule has 5 nitrogen and oxygen atoms in total. The summed E-state index contributed by atoms with van der Waals surface area (Å²) in [5.41, 5.74) is 7.80. The second-order valence-corrected chi connectivity index (χ2v) is 5.97. The summed E-state index contributed by atoms with van der Waals surface area (Å²) in [5.74, 6) is 0.812. The van der Waals surface area contributed by atoms with Crippen LogP contribution in [0.4, 0.5) is 5.69 Å². The first-order valence-electron chi connectivity index (χ1n) is 6.72. The van der Waals surface area contributed by atoms with Crippen molar-refractivity contribution in [2.45, 2.75) is 39.2 Å². The molecule has 0 bridgehead atoms. The van der Waals surface area contributed by atoms with Crippen LogP contribution < -0.4 is 5.73 Å². The van der Waals surface area contributed by atoms with E-state index in [0.717, 1.165) is 23.5 Å². The van der Waals surface area contributed by atoms with Crippen LogP contribution in [0.3, 0.4) is 0 Å². The minimum absolute atomic E-state index is 0.241. The first-order chi connectivity index (χ1) is 9.08. The second kappa shape index (κ2) is 4.33. The summed E-state index contributed by atoms with van der Waals surface area (Å²) in [6.45, 7) is 4.57. The molecule has 2 N–H and O–H groups in total. The second-order valence-electron chi connectivity index (χ2n) is 5.97. The molecule has 1 atom stereocenters. The van der Waals surface area contributed by atoms with Gasteiger partial charge in [0.05, 0.1) is 6.04 Å². The molecular weight excluding hydrogens is 238 g/mol. The van der Waals surface area contributed by atoms with Gasteiger partial charge in [-0.1, -0.05) is 32.4 Å². The molecule has 1 aromatic carbocycles. The topological polar surface area (TPSA) is 69.6 Å². The summed E-state index contributed by atoms with van der Waals surface area (Å²) in [4.78, 5) is 0. The van der Waals surface area contributed by atoms with Crippen LogP contribution in [0.5, 0.6) is 0 Å². The number of hydrogen-bond acceptors (Lipinski definition) is 4. The van der Waals surface area contributed by atoms with Crippen molar-refractivity contribution in [1.82, 2.24) is 20.2 Å². The van der Waals surface area contributed by atoms with Gasteiger partial charge in [-0.05, 0) is 40.8 Å². The highest BCUT2D eigenvalue weighted by Crippen LogP contribution is 2.46. The zero-order valence-corrected chi connectivity index (χ0v) is 11.4. The lowest BCUT2D eigenvalue weighted by Crippen LogP contribution is -2.23. The number of nitrogens with two attached hydrogens (primary N) is 1. The van der Waals surface area contributed by atoms with Crippen molar-refractivity contribution in [3.05, 3.63) is 24.3 Å². The maximum atomic E-state index is 5.84. The number of nitrogens with zero attached hydrogens (tertiary/aromatic N) is 4. The number of benzene rings is 1. The first kappa shape index (κ1) is 12.1. The van der Waals surface area contributed by atoms with Crippen molar-refractivity contribution >= 4 is 5.69 Å². The molecular formula is C14H19N5. The van der Waals surface area contributed by atoms with Gasteiger partial charge < -0.3 is 5.73 Å². The fourth-order valence-corrected chi connectivity index (χ4v) is 3.03. The van der Waals surface area contributed by atoms with Gasteiger partial charge in [0.15, 0.2) is 5.82 Å². The number of hydrogen-bond donors (Lipinski definition) is 1. The van der Waals surface area contributed by atoms with E-state index in [1.165, 1.54) is 12.8 Å². The van der Waals surface area contributed by atoms with Gasteiger partial charge in [0.25, 0.3) is 0 Å². The molecule has 1 aromatic heterocycles. The van der Waals surface area contributed by atoms with Crippen LogP contribution in [0, 0.1) is 5.41 Å². The molecule has 100 valence electrons. The molecule has 2 aromatic rings. The standard InChI is InChI=1S/C14H19N5/c1-14(2)8-4-7-12(14)19-13(16-17-18-19)10-5-3-6-11(15)9-10/h3,5-6,9,12H,4,7-8,15H2,1-2H3. The predicted molar refractivity (Wildman–Crippen MR) is 74.3 cm³/mol. The van der Waals surface area contributed by atoms with Crippen molar-refractivity contribution in [2.24, 2.45) is 5.41 Å². The molecule has 1 saturated carbocycles. The van der Waals surface area contributed by atoms with Gasteiger partial charge in [-0.3, -0.25) is 0 Å². The smallest absolute Gasteiger partial charge is 0.182 e. The van der Waals surface area contributed by atoms with E-state index in [2.05, 4.69) is 29.4 Å². The van der Waals surface area contributed by atoms with Gasteiger partial charge in [-0.2, -0.15) is 0 Å². The number of anilines is 1. The maximum absolute atomic E-state index is 5.84. The molecule has 19 heavy (non-hydrogen) atoms. The molecule has 0 aliphatic heterocycles. The normalized spacial score (nSPS) is 21.7. The Balaban J connectivity index is 2.04. The average Bonchev–Trinajstić information content (AvgIpc) is 2.94. The van der Waals surface area contributed by atoms with E-state index < -0.39 is 0 Å². The quantitative estimate of drug-likeness (QED) is 0.840. The van der Waals surface area contributed by atoms with Crippen molar-refractivity contribution in [2.75, 3.05) is 5.73 Å². The molecule has 0 radical (unpaired) electrons. The summed E-state index contributed by atoms with van der Waals surface area (Å²) in [5, 5.41) is 12.3. The minimum atomic E-state index is 0.241. The van der Waals surface area contributed by atoms with Gasteiger partial charge in [-0.15, -0.1) is 5.10 Å². The molecule has 5 heteroatoms. The van der Waals surface area contributed by atoms with Crippen molar-refractivity contribution in [1.29, 1.82) is 0 Å². The van der Waals surface area contributed by atoms with Crippen molar-refractivity contribution in [3.8, 4) is 11.4 Å². The molecule has 0 amide bonds. The van der Waals surface area contributed by atoms with Crippen molar-refractivity contribution in [3.63, 3.8) is 0 Å². The summed E-state index contributed by atoms with van der Waals surface area (Å²) >= 11 is 0. The van der Waals surface area contributed by atoms with E-state index in [1.807, 2.05) is 28.9 Å². The van der Waals surface area contributed by atoms with Crippen LogP contribution in [-0.2, 0) is 0 Å². The molecule has 3 rings (SSSR count). The largest absolute Gasteiger partial charge is 0.399 e. The Labute approximate surface area is 112 Å². The van der Waals surface area contributed by atoms with E-state index in [0.29, 0.717) is 6.04 Å². The summed E-state index contributed by atoms with van der Waals surface area (Å²) in [6.07, 6.45) is 3.58. The van der Waals surface area contributed by atoms with E-state index in [-0.39, 0.29) is 5.41 Å². The average molecular weight is 257 g/mol. The zero-order chi connectivity index (χ0) is 13.5. The maximum Gasteiger partial charge on any atom is 0.182 e. The van der Waals surface area contributed by atoms with Gasteiger partial charge in [0.2, 0.25) is 0 Å². The van der Waals surface area contributed by atoms with Crippen LogP contribution in [0.25, 0.3) is 11.4 Å². The number of aromatic nitrogens is 4. The lowest BCUT2D eigenvalue weighted by molar-refractivity contribution is 0.242. The third-order valence-corrected chi connectivity index (χ3v) is 4.13. The number of nitrogen functional groups attached to an aromatic ring is 1. The zero-order valence-electron chi connectivity index (χ0n) is 11.4. The monoisotopic (exact) mass is 257 g/mol. The highest BCUT2D eigenvalue weighted by molar-refractivity contribution is 5.60. The molecule has 1 aliphatic carbocycles. The van der Waals surface area contributed by atoms with Crippen LogP contribution in [-0.4, -0.2) is 20.2 Å². The van der Waals surface area contributed by atoms with E-state index >= 15 is 0 Å². The molecule has 1 aliphatic rings. The third kappa shape index (κ3) is 2.09. The van der Waals surface area contributed by atoms with E-state index in [1.54, 1.807) is 0 Å². The molecule has 1 fully saturated rings. The number of tetrazole rings is 1. The number of rotatable bonds is 2. The Morgan fingerprint density at radius 2 is 2.21 bits per heavy atom. The van der Waals surface area contributed by atoms with Gasteiger partial charge in [0.1, 0.15) is 0 Å². The Hall–Kier alpha value is -1.91. The van der Waals surface area contributed by atoms with Crippen molar-refractivity contribution < 1.29 is 0 Å². The Morgan fingerprint density at radius 1 is 1.37 bits per heavy atom. The van der Waals surface area contributed by atoms with Crippen LogP contribution >= 0.6 is 0 Å². The third-order valence-electron chi connectivity index (χ3n) is 4.13. The van der Waals surface area contributed by atoms with Gasteiger partial charge in [0, 0.05) is 11.3 Å². The lowest BCUT2D eigenvalue weighted by Gasteiger charge is -2.27. The highest BCUT2D eigenvalue weighted by Gasteiger charge is 2.38. The Morgan fingerprint density at radius 3 is 2.89 bits per heavy atom. The molecule has 1 heterocycles. The Kier molecular flexibility index (Phi) is 2.77. The van der Waals surface area contributed by atoms with Crippen LogP contribution in [0.1, 0.15) is 39.2 Å². The highest BCUT2D eigenvalue weighted by atomic mass is 15.6. The summed E-state index contributed by atoms with van der Waals surface area (Å²) < 4.78 is 1.97. The van der Waals surface area contributed by atoms with Crippen LogP contribution in [0.15, 0.2) is 24.3 Å². The molecule has 1 unspecified atom stereocenters. The van der Waals surface area contributed by atoms with E-state index in [9.17, 15) is 0 Å². The fourth-order valence-electron chi connectivity index (χ4n) is 3.03. The molecule has 0 spiro atoms. The Bertz CT molecular complexity index is 587. The first-order valence-corrected chi connectivity index (χ1v) is 6.72.